The Hall–Kier alpha value is -1.38. The van der Waals surface area contributed by atoms with E-state index in [1.165, 1.54) is 0 Å². The van der Waals surface area contributed by atoms with E-state index in [-0.39, 0.29) is 6.04 Å². The summed E-state index contributed by atoms with van der Waals surface area (Å²) in [6.45, 7) is 2.02. The van der Waals surface area contributed by atoms with Gasteiger partial charge in [0.25, 0.3) is 0 Å². The average Bonchev–Trinajstić information content (AvgIpc) is 2.29. The van der Waals surface area contributed by atoms with Crippen LogP contribution < -0.4 is 5.73 Å². The second kappa shape index (κ2) is 5.30. The van der Waals surface area contributed by atoms with Gasteiger partial charge in [-0.3, -0.25) is 4.98 Å². The maximum atomic E-state index is 6.18. The molecule has 2 nitrogen and oxygen atoms in total. The summed E-state index contributed by atoms with van der Waals surface area (Å²) in [6, 6.07) is 9.84. The third-order valence-electron chi connectivity index (χ3n) is 2.67. The van der Waals surface area contributed by atoms with E-state index in [9.17, 15) is 0 Å². The van der Waals surface area contributed by atoms with Crippen LogP contribution in [0, 0.1) is 6.92 Å². The third kappa shape index (κ3) is 3.29. The summed E-state index contributed by atoms with van der Waals surface area (Å²) in [6.07, 6.45) is 4.38. The van der Waals surface area contributed by atoms with E-state index in [1.807, 2.05) is 37.4 Å². The molecule has 3 heteroatoms. The molecule has 0 aliphatic carbocycles. The summed E-state index contributed by atoms with van der Waals surface area (Å²) in [5.41, 5.74) is 9.52. The molecule has 0 saturated heterocycles. The number of benzene rings is 1. The van der Waals surface area contributed by atoms with Gasteiger partial charge in [-0.15, -0.1) is 0 Å². The summed E-state index contributed by atoms with van der Waals surface area (Å²) < 4.78 is 0. The highest BCUT2D eigenvalue weighted by atomic mass is 35.5. The van der Waals surface area contributed by atoms with Crippen LogP contribution in [0.15, 0.2) is 42.7 Å². The SMILES string of the molecule is Cc1cc(Cl)cc(C(N)Cc2cccnc2)c1. The lowest BCUT2D eigenvalue weighted by Gasteiger charge is -2.13. The molecule has 17 heavy (non-hydrogen) atoms. The van der Waals surface area contributed by atoms with Crippen molar-refractivity contribution in [3.05, 3.63) is 64.4 Å². The minimum Gasteiger partial charge on any atom is -0.324 e. The lowest BCUT2D eigenvalue weighted by atomic mass is 9.99. The van der Waals surface area contributed by atoms with Crippen LogP contribution in [0.25, 0.3) is 0 Å². The molecule has 2 rings (SSSR count). The molecule has 2 N–H and O–H groups in total. The van der Waals surface area contributed by atoms with Crippen LogP contribution in [0.2, 0.25) is 5.02 Å². The number of pyridine rings is 1. The fourth-order valence-corrected chi connectivity index (χ4v) is 2.17. The monoisotopic (exact) mass is 246 g/mol. The summed E-state index contributed by atoms with van der Waals surface area (Å²) in [5.74, 6) is 0. The highest BCUT2D eigenvalue weighted by Crippen LogP contribution is 2.21. The third-order valence-corrected chi connectivity index (χ3v) is 2.89. The van der Waals surface area contributed by atoms with E-state index in [2.05, 4.69) is 11.1 Å². The molecule has 1 aromatic heterocycles. The second-order valence-electron chi connectivity index (χ2n) is 4.23. The van der Waals surface area contributed by atoms with Gasteiger partial charge in [-0.05, 0) is 48.2 Å². The van der Waals surface area contributed by atoms with Crippen molar-refractivity contribution in [3.8, 4) is 0 Å². The lowest BCUT2D eigenvalue weighted by molar-refractivity contribution is 0.719. The first-order valence-corrected chi connectivity index (χ1v) is 5.94. The first-order chi connectivity index (χ1) is 8.15. The van der Waals surface area contributed by atoms with E-state index in [0.717, 1.165) is 28.1 Å². The molecular weight excluding hydrogens is 232 g/mol. The maximum Gasteiger partial charge on any atom is 0.0411 e. The molecular formula is C14H15ClN2. The predicted molar refractivity (Wildman–Crippen MR) is 71.1 cm³/mol. The summed E-state index contributed by atoms with van der Waals surface area (Å²) in [4.78, 5) is 4.08. The highest BCUT2D eigenvalue weighted by Gasteiger charge is 2.08. The van der Waals surface area contributed by atoms with Gasteiger partial charge in [-0.2, -0.15) is 0 Å². The smallest absolute Gasteiger partial charge is 0.0411 e. The Balaban J connectivity index is 2.17. The molecule has 2 aromatic rings. The second-order valence-corrected chi connectivity index (χ2v) is 4.67. The minimum absolute atomic E-state index is 0.0448. The molecule has 0 amide bonds. The van der Waals surface area contributed by atoms with E-state index >= 15 is 0 Å². The van der Waals surface area contributed by atoms with Crippen LogP contribution in [0.3, 0.4) is 0 Å². The van der Waals surface area contributed by atoms with Crippen molar-refractivity contribution in [1.29, 1.82) is 0 Å². The first-order valence-electron chi connectivity index (χ1n) is 5.57. The number of nitrogens with zero attached hydrogens (tertiary/aromatic N) is 1. The molecule has 88 valence electrons. The van der Waals surface area contributed by atoms with Crippen molar-refractivity contribution in [1.82, 2.24) is 4.98 Å². The summed E-state index contributed by atoms with van der Waals surface area (Å²) in [5, 5.41) is 0.738. The summed E-state index contributed by atoms with van der Waals surface area (Å²) in [7, 11) is 0. The Kier molecular flexibility index (Phi) is 3.77. The van der Waals surface area contributed by atoms with Crippen molar-refractivity contribution in [2.75, 3.05) is 0 Å². The van der Waals surface area contributed by atoms with Gasteiger partial charge in [-0.25, -0.2) is 0 Å². The zero-order chi connectivity index (χ0) is 12.3. The molecule has 0 spiro atoms. The first kappa shape index (κ1) is 12.1. The molecule has 0 aliphatic heterocycles. The zero-order valence-corrected chi connectivity index (χ0v) is 10.5. The topological polar surface area (TPSA) is 38.9 Å². The fraction of sp³-hybridized carbons (Fsp3) is 0.214. The number of hydrogen-bond donors (Lipinski definition) is 1. The molecule has 0 aliphatic rings. The number of rotatable bonds is 3. The van der Waals surface area contributed by atoms with Crippen LogP contribution in [0.4, 0.5) is 0 Å². The van der Waals surface area contributed by atoms with Crippen LogP contribution >= 0.6 is 11.6 Å². The van der Waals surface area contributed by atoms with Crippen molar-refractivity contribution < 1.29 is 0 Å². The van der Waals surface area contributed by atoms with Gasteiger partial charge in [0.1, 0.15) is 0 Å². The van der Waals surface area contributed by atoms with Gasteiger partial charge in [0, 0.05) is 23.5 Å². The number of aryl methyl sites for hydroxylation is 1. The van der Waals surface area contributed by atoms with Crippen molar-refractivity contribution in [2.45, 2.75) is 19.4 Å². The molecule has 1 unspecified atom stereocenters. The molecule has 0 fully saturated rings. The summed E-state index contributed by atoms with van der Waals surface area (Å²) >= 11 is 6.03. The van der Waals surface area contributed by atoms with Crippen molar-refractivity contribution >= 4 is 11.6 Å². The van der Waals surface area contributed by atoms with Gasteiger partial charge in [-0.1, -0.05) is 23.7 Å². The van der Waals surface area contributed by atoms with Gasteiger partial charge in [0.05, 0.1) is 0 Å². The quantitative estimate of drug-likeness (QED) is 0.903. The number of aromatic nitrogens is 1. The number of nitrogens with two attached hydrogens (primary N) is 1. The van der Waals surface area contributed by atoms with Crippen molar-refractivity contribution in [2.24, 2.45) is 5.73 Å². The molecule has 0 radical (unpaired) electrons. The lowest BCUT2D eigenvalue weighted by Crippen LogP contribution is -2.13. The Bertz CT molecular complexity index is 477. The van der Waals surface area contributed by atoms with Gasteiger partial charge < -0.3 is 5.73 Å². The fourth-order valence-electron chi connectivity index (χ4n) is 1.87. The molecule has 0 bridgehead atoms. The number of halogens is 1. The van der Waals surface area contributed by atoms with E-state index in [1.54, 1.807) is 6.20 Å². The van der Waals surface area contributed by atoms with Crippen molar-refractivity contribution in [3.63, 3.8) is 0 Å². The Morgan fingerprint density at radius 1 is 1.35 bits per heavy atom. The van der Waals surface area contributed by atoms with Crippen LogP contribution in [-0.2, 0) is 6.42 Å². The standard InChI is InChI=1S/C14H15ClN2/c1-10-5-12(8-13(15)6-10)14(16)7-11-3-2-4-17-9-11/h2-6,8-9,14H,7,16H2,1H3. The molecule has 1 atom stereocenters. The predicted octanol–water partition coefficient (Wildman–Crippen LogP) is 3.29. The minimum atomic E-state index is -0.0448. The average molecular weight is 247 g/mol. The van der Waals surface area contributed by atoms with E-state index < -0.39 is 0 Å². The van der Waals surface area contributed by atoms with Crippen LogP contribution in [0.1, 0.15) is 22.7 Å². The van der Waals surface area contributed by atoms with Gasteiger partial charge >= 0.3 is 0 Å². The molecule has 1 heterocycles. The van der Waals surface area contributed by atoms with E-state index in [4.69, 9.17) is 17.3 Å². The molecule has 1 aromatic carbocycles. The Morgan fingerprint density at radius 3 is 2.82 bits per heavy atom. The normalized spacial score (nSPS) is 12.4. The van der Waals surface area contributed by atoms with Crippen LogP contribution in [-0.4, -0.2) is 4.98 Å². The largest absolute Gasteiger partial charge is 0.324 e. The maximum absolute atomic E-state index is 6.18. The zero-order valence-electron chi connectivity index (χ0n) is 9.73. The molecule has 0 saturated carbocycles. The van der Waals surface area contributed by atoms with E-state index in [0.29, 0.717) is 0 Å². The van der Waals surface area contributed by atoms with Gasteiger partial charge in [0.2, 0.25) is 0 Å². The Morgan fingerprint density at radius 2 is 2.18 bits per heavy atom. The van der Waals surface area contributed by atoms with Crippen LogP contribution in [0.5, 0.6) is 0 Å². The Labute approximate surface area is 106 Å². The highest BCUT2D eigenvalue weighted by molar-refractivity contribution is 6.30. The van der Waals surface area contributed by atoms with Gasteiger partial charge in [0.15, 0.2) is 0 Å². The number of hydrogen-bond acceptors (Lipinski definition) is 2.